The third-order valence-corrected chi connectivity index (χ3v) is 2.69. The van der Waals surface area contributed by atoms with E-state index < -0.39 is 0 Å². The summed E-state index contributed by atoms with van der Waals surface area (Å²) in [4.78, 5) is 9.93. The lowest BCUT2D eigenvalue weighted by atomic mass is 9.95. The molecule has 0 bridgehead atoms. The van der Waals surface area contributed by atoms with Crippen molar-refractivity contribution in [3.8, 4) is 0 Å². The van der Waals surface area contributed by atoms with E-state index >= 15 is 0 Å². The number of carbonyl (C=O) groups is 1. The molecule has 70 valence electrons. The summed E-state index contributed by atoms with van der Waals surface area (Å²) in [6.45, 7) is 9.86. The molecule has 0 fully saturated rings. The van der Waals surface area contributed by atoms with Crippen molar-refractivity contribution in [3.05, 3.63) is 12.3 Å². The van der Waals surface area contributed by atoms with Crippen molar-refractivity contribution in [1.29, 1.82) is 0 Å². The third kappa shape index (κ3) is 5.55. The fraction of sp³-hybridized carbons (Fsp3) is 0.625. The summed E-state index contributed by atoms with van der Waals surface area (Å²) in [5.74, 6) is 1.17. The van der Waals surface area contributed by atoms with Gasteiger partial charge in [0.1, 0.15) is 23.1 Å². The van der Waals surface area contributed by atoms with Crippen LogP contribution < -0.4 is 0 Å². The summed E-state index contributed by atoms with van der Waals surface area (Å²) in [5, 5.41) is 0. The molecular weight excluding hydrogens is 192 g/mol. The van der Waals surface area contributed by atoms with Crippen LogP contribution in [0.1, 0.15) is 20.8 Å². The minimum Gasteiger partial charge on any atom is -0.419 e. The summed E-state index contributed by atoms with van der Waals surface area (Å²) >= 11 is 1.20. The summed E-state index contributed by atoms with van der Waals surface area (Å²) < 4.78 is 5.23. The first-order valence-electron chi connectivity index (χ1n) is 3.57. The molecule has 12 heavy (non-hydrogen) atoms. The molecule has 0 rings (SSSR count). The highest BCUT2D eigenvalue weighted by Gasteiger charge is 2.16. The Hall–Kier alpha value is -0.0900. The predicted octanol–water partition coefficient (Wildman–Crippen LogP) is 3.06. The number of rotatable bonds is 5. The molecule has 0 aromatic rings. The molecule has 0 heterocycles. The Kier molecular flexibility index (Phi) is 5.50. The van der Waals surface area contributed by atoms with Crippen molar-refractivity contribution in [2.24, 2.45) is 5.41 Å². The van der Waals surface area contributed by atoms with Crippen LogP contribution in [0.3, 0.4) is 0 Å². The quantitative estimate of drug-likeness (QED) is 0.227. The van der Waals surface area contributed by atoms with E-state index in [1.807, 2.05) is 20.8 Å². The Bertz CT molecular complexity index is 161. The van der Waals surface area contributed by atoms with Gasteiger partial charge in [-0.05, 0) is 10.8 Å². The number of hydrogen-bond donors (Lipinski definition) is 0. The minimum absolute atomic E-state index is 0.0330. The van der Waals surface area contributed by atoms with E-state index in [0.29, 0.717) is 5.75 Å². The molecule has 0 spiro atoms. The van der Waals surface area contributed by atoms with Crippen LogP contribution >= 0.6 is 21.9 Å². The molecule has 0 N–H and O–H groups in total. The van der Waals surface area contributed by atoms with Gasteiger partial charge in [0.25, 0.3) is 0 Å². The standard InChI is InChI=1S/C8H14O2S2/c1-7(8(2,3)4)10-12-11-6-5-9/h5H,1,6H2,2-4H3. The van der Waals surface area contributed by atoms with Gasteiger partial charge in [0.15, 0.2) is 0 Å². The van der Waals surface area contributed by atoms with E-state index in [0.717, 1.165) is 12.0 Å². The zero-order valence-electron chi connectivity index (χ0n) is 7.62. The van der Waals surface area contributed by atoms with Gasteiger partial charge in [0.2, 0.25) is 0 Å². The SMILES string of the molecule is C=C(OSSCC=O)C(C)(C)C. The molecule has 0 aliphatic rings. The van der Waals surface area contributed by atoms with E-state index in [9.17, 15) is 4.79 Å². The predicted molar refractivity (Wildman–Crippen MR) is 55.8 cm³/mol. The van der Waals surface area contributed by atoms with Crippen LogP contribution in [0.15, 0.2) is 12.3 Å². The van der Waals surface area contributed by atoms with Crippen molar-refractivity contribution in [2.45, 2.75) is 20.8 Å². The molecule has 0 aliphatic heterocycles. The lowest BCUT2D eigenvalue weighted by Crippen LogP contribution is -2.08. The molecule has 0 aliphatic carbocycles. The van der Waals surface area contributed by atoms with Gasteiger partial charge in [-0.1, -0.05) is 27.4 Å². The van der Waals surface area contributed by atoms with E-state index in [2.05, 4.69) is 6.58 Å². The van der Waals surface area contributed by atoms with E-state index in [1.54, 1.807) is 0 Å². The van der Waals surface area contributed by atoms with Gasteiger partial charge in [0.05, 0.1) is 5.75 Å². The molecule has 0 saturated heterocycles. The maximum absolute atomic E-state index is 9.93. The summed E-state index contributed by atoms with van der Waals surface area (Å²) in [5.41, 5.74) is -0.0330. The first-order chi connectivity index (χ1) is 5.48. The molecule has 0 saturated carbocycles. The van der Waals surface area contributed by atoms with E-state index in [1.165, 1.54) is 21.9 Å². The Morgan fingerprint density at radius 3 is 2.58 bits per heavy atom. The Morgan fingerprint density at radius 1 is 1.58 bits per heavy atom. The number of hydrogen-bond acceptors (Lipinski definition) is 4. The van der Waals surface area contributed by atoms with Crippen LogP contribution in [0.25, 0.3) is 0 Å². The average molecular weight is 206 g/mol. The van der Waals surface area contributed by atoms with Crippen molar-refractivity contribution in [2.75, 3.05) is 5.75 Å². The zero-order valence-corrected chi connectivity index (χ0v) is 9.26. The van der Waals surface area contributed by atoms with Crippen molar-refractivity contribution in [3.63, 3.8) is 0 Å². The molecule has 0 amide bonds. The van der Waals surface area contributed by atoms with Gasteiger partial charge in [-0.25, -0.2) is 0 Å². The number of carbonyl (C=O) groups excluding carboxylic acids is 1. The van der Waals surface area contributed by atoms with Crippen LogP contribution in [-0.2, 0) is 8.98 Å². The second kappa shape index (κ2) is 5.54. The second-order valence-electron chi connectivity index (χ2n) is 3.28. The molecule has 0 unspecified atom stereocenters. The van der Waals surface area contributed by atoms with Crippen molar-refractivity contribution < 1.29 is 8.98 Å². The lowest BCUT2D eigenvalue weighted by Gasteiger charge is -2.19. The van der Waals surface area contributed by atoms with Gasteiger partial charge >= 0.3 is 0 Å². The van der Waals surface area contributed by atoms with Crippen LogP contribution in [0.2, 0.25) is 0 Å². The zero-order chi connectivity index (χ0) is 9.61. The Balaban J connectivity index is 3.51. The Labute approximate surface area is 81.7 Å². The molecule has 4 heteroatoms. The number of aldehydes is 1. The van der Waals surface area contributed by atoms with Crippen LogP contribution in [0, 0.1) is 5.41 Å². The first-order valence-corrected chi connectivity index (χ1v) is 5.82. The maximum atomic E-state index is 9.93. The fourth-order valence-corrected chi connectivity index (χ4v) is 1.46. The average Bonchev–Trinajstić information content (AvgIpc) is 1.96. The highest BCUT2D eigenvalue weighted by molar-refractivity contribution is 8.75. The lowest BCUT2D eigenvalue weighted by molar-refractivity contribution is -0.105. The monoisotopic (exact) mass is 206 g/mol. The second-order valence-corrected chi connectivity index (χ2v) is 5.26. The van der Waals surface area contributed by atoms with Gasteiger partial charge in [-0.15, -0.1) is 0 Å². The van der Waals surface area contributed by atoms with Crippen LogP contribution in [0.5, 0.6) is 0 Å². The van der Waals surface area contributed by atoms with Gasteiger partial charge in [-0.3, -0.25) is 0 Å². The van der Waals surface area contributed by atoms with E-state index in [4.69, 9.17) is 4.18 Å². The fourth-order valence-electron chi connectivity index (χ4n) is 0.246. The van der Waals surface area contributed by atoms with Gasteiger partial charge in [-0.2, -0.15) is 0 Å². The molecular formula is C8H14O2S2. The van der Waals surface area contributed by atoms with Crippen molar-refractivity contribution >= 4 is 28.2 Å². The molecule has 2 nitrogen and oxygen atoms in total. The summed E-state index contributed by atoms with van der Waals surface area (Å²) in [7, 11) is 1.36. The van der Waals surface area contributed by atoms with Gasteiger partial charge < -0.3 is 8.98 Å². The van der Waals surface area contributed by atoms with Crippen LogP contribution in [0.4, 0.5) is 0 Å². The van der Waals surface area contributed by atoms with Gasteiger partial charge in [0, 0.05) is 5.41 Å². The third-order valence-electron chi connectivity index (χ3n) is 1.16. The molecule has 0 aromatic heterocycles. The van der Waals surface area contributed by atoms with Crippen LogP contribution in [-0.4, -0.2) is 12.0 Å². The largest absolute Gasteiger partial charge is 0.419 e. The summed E-state index contributed by atoms with van der Waals surface area (Å²) in [6.07, 6.45) is 0.848. The molecule has 0 atom stereocenters. The maximum Gasteiger partial charge on any atom is 0.130 e. The summed E-state index contributed by atoms with van der Waals surface area (Å²) in [6, 6.07) is 0. The van der Waals surface area contributed by atoms with Crippen molar-refractivity contribution in [1.82, 2.24) is 0 Å². The Morgan fingerprint density at radius 2 is 2.17 bits per heavy atom. The van der Waals surface area contributed by atoms with E-state index in [-0.39, 0.29) is 5.41 Å². The highest BCUT2D eigenvalue weighted by Crippen LogP contribution is 2.32. The number of allylic oxidation sites excluding steroid dienone is 1. The topological polar surface area (TPSA) is 26.3 Å². The normalized spacial score (nSPS) is 10.9. The molecule has 0 aromatic carbocycles. The molecule has 0 radical (unpaired) electrons. The smallest absolute Gasteiger partial charge is 0.130 e. The highest BCUT2D eigenvalue weighted by atomic mass is 33.1. The minimum atomic E-state index is -0.0330. The first kappa shape index (κ1) is 11.9.